The Kier molecular flexibility index (Phi) is 5.70. The molecule has 0 aliphatic heterocycles. The minimum atomic E-state index is 0.0175. The molecule has 3 aromatic heterocycles. The van der Waals surface area contributed by atoms with Crippen LogP contribution >= 0.6 is 34.7 Å². The topological polar surface area (TPSA) is 75.0 Å². The fourth-order valence-electron chi connectivity index (χ4n) is 2.84. The van der Waals surface area contributed by atoms with Crippen molar-refractivity contribution in [2.75, 3.05) is 12.3 Å². The average molecular weight is 433 g/mol. The molecule has 28 heavy (non-hydrogen) atoms. The molecule has 4 aromatic rings. The Morgan fingerprint density at radius 1 is 1.29 bits per heavy atom. The van der Waals surface area contributed by atoms with Crippen LogP contribution in [0.3, 0.4) is 0 Å². The molecular formula is C19H17ClN4O2S2. The predicted molar refractivity (Wildman–Crippen MR) is 113 cm³/mol. The smallest absolute Gasteiger partial charge is 0.277 e. The van der Waals surface area contributed by atoms with E-state index in [1.807, 2.05) is 49.5 Å². The summed E-state index contributed by atoms with van der Waals surface area (Å²) in [5.41, 5.74) is 1.86. The molecule has 0 aliphatic rings. The van der Waals surface area contributed by atoms with Crippen LogP contribution in [0.15, 0.2) is 52.2 Å². The monoisotopic (exact) mass is 432 g/mol. The van der Waals surface area contributed by atoms with Gasteiger partial charge in [0.05, 0.1) is 22.2 Å². The van der Waals surface area contributed by atoms with E-state index >= 15 is 0 Å². The summed E-state index contributed by atoms with van der Waals surface area (Å²) in [5.74, 6) is 0.694. The SMILES string of the molecule is CCN(Cc1ccc(Cl)s1)C(=O)CSc1nnc(-c2c[nH]c3ccccc23)o1. The Labute approximate surface area is 174 Å². The maximum Gasteiger partial charge on any atom is 0.277 e. The number of hydrogen-bond acceptors (Lipinski definition) is 6. The van der Waals surface area contributed by atoms with Gasteiger partial charge in [0.2, 0.25) is 5.91 Å². The molecule has 1 amide bonds. The molecule has 0 fully saturated rings. The lowest BCUT2D eigenvalue weighted by Crippen LogP contribution is -2.31. The van der Waals surface area contributed by atoms with E-state index < -0.39 is 0 Å². The molecule has 0 atom stereocenters. The van der Waals surface area contributed by atoms with E-state index in [9.17, 15) is 4.79 Å². The zero-order chi connectivity index (χ0) is 19.5. The summed E-state index contributed by atoms with van der Waals surface area (Å²) >= 11 is 8.70. The number of para-hydroxylation sites is 1. The highest BCUT2D eigenvalue weighted by Crippen LogP contribution is 2.29. The van der Waals surface area contributed by atoms with Crippen molar-refractivity contribution in [1.29, 1.82) is 0 Å². The minimum absolute atomic E-state index is 0.0175. The van der Waals surface area contributed by atoms with Crippen molar-refractivity contribution in [3.8, 4) is 11.5 Å². The molecule has 0 radical (unpaired) electrons. The van der Waals surface area contributed by atoms with E-state index in [2.05, 4.69) is 15.2 Å². The van der Waals surface area contributed by atoms with Gasteiger partial charge >= 0.3 is 0 Å². The number of hydrogen-bond donors (Lipinski definition) is 1. The molecular weight excluding hydrogens is 416 g/mol. The second kappa shape index (κ2) is 8.38. The Bertz CT molecular complexity index is 1100. The van der Waals surface area contributed by atoms with Crippen molar-refractivity contribution in [2.24, 2.45) is 0 Å². The quantitative estimate of drug-likeness (QED) is 0.412. The van der Waals surface area contributed by atoms with Gasteiger partial charge in [0.25, 0.3) is 11.1 Å². The summed E-state index contributed by atoms with van der Waals surface area (Å²) < 4.78 is 6.48. The van der Waals surface area contributed by atoms with E-state index in [1.165, 1.54) is 23.1 Å². The van der Waals surface area contributed by atoms with Crippen molar-refractivity contribution in [1.82, 2.24) is 20.1 Å². The number of amides is 1. The Hall–Kier alpha value is -2.29. The van der Waals surface area contributed by atoms with Gasteiger partial charge in [-0.1, -0.05) is 41.6 Å². The van der Waals surface area contributed by atoms with E-state index in [4.69, 9.17) is 16.0 Å². The largest absolute Gasteiger partial charge is 0.411 e. The Morgan fingerprint density at radius 2 is 2.14 bits per heavy atom. The molecule has 0 bridgehead atoms. The van der Waals surface area contributed by atoms with Crippen molar-refractivity contribution in [2.45, 2.75) is 18.7 Å². The number of rotatable bonds is 7. The molecule has 3 heterocycles. The first kappa shape index (κ1) is 19.0. The first-order valence-corrected chi connectivity index (χ1v) is 10.9. The first-order valence-electron chi connectivity index (χ1n) is 8.69. The number of carbonyl (C=O) groups is 1. The van der Waals surface area contributed by atoms with Crippen LogP contribution in [0.4, 0.5) is 0 Å². The van der Waals surface area contributed by atoms with Crippen LogP contribution in [0, 0.1) is 0 Å². The van der Waals surface area contributed by atoms with Gasteiger partial charge in [-0.05, 0) is 25.1 Å². The number of thioether (sulfide) groups is 1. The lowest BCUT2D eigenvalue weighted by atomic mass is 10.2. The summed E-state index contributed by atoms with van der Waals surface area (Å²) in [7, 11) is 0. The number of halogens is 1. The predicted octanol–water partition coefficient (Wildman–Crippen LogP) is 5.07. The minimum Gasteiger partial charge on any atom is -0.411 e. The van der Waals surface area contributed by atoms with Crippen LogP contribution in [0.25, 0.3) is 22.4 Å². The van der Waals surface area contributed by atoms with Crippen molar-refractivity contribution < 1.29 is 9.21 Å². The van der Waals surface area contributed by atoms with E-state index in [0.29, 0.717) is 24.2 Å². The highest BCUT2D eigenvalue weighted by molar-refractivity contribution is 7.99. The highest BCUT2D eigenvalue weighted by atomic mass is 35.5. The van der Waals surface area contributed by atoms with Crippen molar-refractivity contribution in [3.63, 3.8) is 0 Å². The number of thiophene rings is 1. The molecule has 1 N–H and O–H groups in total. The highest BCUT2D eigenvalue weighted by Gasteiger charge is 2.17. The van der Waals surface area contributed by atoms with Crippen LogP contribution in [-0.4, -0.2) is 38.3 Å². The molecule has 144 valence electrons. The third-order valence-electron chi connectivity index (χ3n) is 4.26. The molecule has 0 aliphatic carbocycles. The van der Waals surface area contributed by atoms with Gasteiger partial charge in [0.15, 0.2) is 0 Å². The molecule has 1 aromatic carbocycles. The van der Waals surface area contributed by atoms with E-state index in [1.54, 1.807) is 4.90 Å². The van der Waals surface area contributed by atoms with Gasteiger partial charge in [-0.15, -0.1) is 21.5 Å². The van der Waals surface area contributed by atoms with Gasteiger partial charge in [0.1, 0.15) is 0 Å². The molecule has 0 saturated heterocycles. The van der Waals surface area contributed by atoms with Crippen LogP contribution in [0.1, 0.15) is 11.8 Å². The number of aromatic nitrogens is 3. The fourth-order valence-corrected chi connectivity index (χ4v) is 4.61. The van der Waals surface area contributed by atoms with Gasteiger partial charge < -0.3 is 14.3 Å². The third-order valence-corrected chi connectivity index (χ3v) is 6.27. The zero-order valence-electron chi connectivity index (χ0n) is 15.0. The van der Waals surface area contributed by atoms with Gasteiger partial charge in [-0.2, -0.15) is 0 Å². The molecule has 0 spiro atoms. The maximum absolute atomic E-state index is 12.6. The van der Waals surface area contributed by atoms with Crippen LogP contribution < -0.4 is 0 Å². The number of H-pyrrole nitrogens is 1. The lowest BCUT2D eigenvalue weighted by molar-refractivity contribution is -0.128. The fraction of sp³-hybridized carbons (Fsp3) is 0.211. The van der Waals surface area contributed by atoms with Crippen LogP contribution in [-0.2, 0) is 11.3 Å². The number of carbonyl (C=O) groups excluding carboxylic acids is 1. The number of nitrogens with one attached hydrogen (secondary N) is 1. The van der Waals surface area contributed by atoms with Gasteiger partial charge in [0, 0.05) is 28.5 Å². The molecule has 0 saturated carbocycles. The van der Waals surface area contributed by atoms with Crippen LogP contribution in [0.5, 0.6) is 0 Å². The number of nitrogens with zero attached hydrogens (tertiary/aromatic N) is 3. The summed E-state index contributed by atoms with van der Waals surface area (Å²) in [4.78, 5) is 18.6. The third kappa shape index (κ3) is 4.09. The summed E-state index contributed by atoms with van der Waals surface area (Å²) in [6.07, 6.45) is 1.85. The van der Waals surface area contributed by atoms with Crippen molar-refractivity contribution in [3.05, 3.63) is 51.8 Å². The second-order valence-corrected chi connectivity index (χ2v) is 8.75. The number of benzene rings is 1. The Balaban J connectivity index is 1.40. The zero-order valence-corrected chi connectivity index (χ0v) is 17.4. The van der Waals surface area contributed by atoms with E-state index in [0.717, 1.165) is 25.7 Å². The summed E-state index contributed by atoms with van der Waals surface area (Å²) in [5, 5.41) is 9.59. The molecule has 4 rings (SSSR count). The van der Waals surface area contributed by atoms with Crippen molar-refractivity contribution >= 4 is 51.5 Å². The second-order valence-electron chi connectivity index (χ2n) is 6.02. The van der Waals surface area contributed by atoms with E-state index in [-0.39, 0.29) is 11.7 Å². The number of aromatic amines is 1. The van der Waals surface area contributed by atoms with Gasteiger partial charge in [-0.3, -0.25) is 4.79 Å². The summed E-state index contributed by atoms with van der Waals surface area (Å²) in [6.45, 7) is 3.14. The standard InChI is InChI=1S/C19H17ClN4O2S2/c1-2-24(10-12-7-8-16(20)28-12)17(25)11-27-19-23-22-18(26-19)14-9-21-15-6-4-3-5-13(14)15/h3-9,21H,2,10-11H2,1H3. The lowest BCUT2D eigenvalue weighted by Gasteiger charge is -2.19. The molecule has 9 heteroatoms. The Morgan fingerprint density at radius 3 is 2.93 bits per heavy atom. The average Bonchev–Trinajstić information content (AvgIpc) is 3.43. The molecule has 0 unspecified atom stereocenters. The molecule has 6 nitrogen and oxygen atoms in total. The van der Waals surface area contributed by atoms with Gasteiger partial charge in [-0.25, -0.2) is 0 Å². The maximum atomic E-state index is 12.6. The normalized spacial score (nSPS) is 11.2. The van der Waals surface area contributed by atoms with Crippen LogP contribution in [0.2, 0.25) is 4.34 Å². The summed E-state index contributed by atoms with van der Waals surface area (Å²) in [6, 6.07) is 11.7. The number of fused-ring (bicyclic) bond motifs is 1. The first-order chi connectivity index (χ1) is 13.6.